The number of hydrogen-bond acceptors (Lipinski definition) is 5. The maximum Gasteiger partial charge on any atom is 0.408 e. The van der Waals surface area contributed by atoms with Crippen molar-refractivity contribution in [2.45, 2.75) is 58.6 Å². The van der Waals surface area contributed by atoms with E-state index in [1.807, 2.05) is 0 Å². The molecule has 6 heteroatoms. The molecule has 6 nitrogen and oxygen atoms in total. The average molecular weight is 274 g/mol. The fourth-order valence-electron chi connectivity index (χ4n) is 1.49. The van der Waals surface area contributed by atoms with E-state index in [0.717, 1.165) is 0 Å². The number of amides is 1. The average Bonchev–Trinajstić information content (AvgIpc) is 2.23. The molecule has 0 fully saturated rings. The van der Waals surface area contributed by atoms with E-state index in [2.05, 4.69) is 5.32 Å². The van der Waals surface area contributed by atoms with Crippen molar-refractivity contribution in [2.24, 2.45) is 5.73 Å². The summed E-state index contributed by atoms with van der Waals surface area (Å²) < 4.78 is 10.1. The van der Waals surface area contributed by atoms with E-state index in [0.29, 0.717) is 19.4 Å². The zero-order valence-corrected chi connectivity index (χ0v) is 12.5. The molecule has 0 saturated heterocycles. The number of esters is 1. The highest BCUT2D eigenvalue weighted by atomic mass is 16.6. The van der Waals surface area contributed by atoms with Crippen LogP contribution in [0.2, 0.25) is 0 Å². The lowest BCUT2D eigenvalue weighted by atomic mass is 9.96. The summed E-state index contributed by atoms with van der Waals surface area (Å²) >= 11 is 0. The summed E-state index contributed by atoms with van der Waals surface area (Å²) in [5, 5.41) is 2.58. The normalized spacial score (nSPS) is 14.4. The molecule has 0 bridgehead atoms. The van der Waals surface area contributed by atoms with Gasteiger partial charge < -0.3 is 20.5 Å². The fraction of sp³-hybridized carbons (Fsp3) is 0.846. The predicted octanol–water partition coefficient (Wildman–Crippen LogP) is 1.57. The van der Waals surface area contributed by atoms with Gasteiger partial charge in [0, 0.05) is 0 Å². The topological polar surface area (TPSA) is 90.6 Å². The van der Waals surface area contributed by atoms with Gasteiger partial charge in [-0.1, -0.05) is 0 Å². The van der Waals surface area contributed by atoms with Crippen molar-refractivity contribution < 1.29 is 19.1 Å². The highest BCUT2D eigenvalue weighted by Gasteiger charge is 2.37. The summed E-state index contributed by atoms with van der Waals surface area (Å²) in [6, 6.07) is 0. The van der Waals surface area contributed by atoms with Crippen LogP contribution in [0.3, 0.4) is 0 Å². The van der Waals surface area contributed by atoms with Crippen LogP contribution in [-0.4, -0.2) is 36.4 Å². The van der Waals surface area contributed by atoms with Crippen LogP contribution in [0, 0.1) is 0 Å². The van der Waals surface area contributed by atoms with Gasteiger partial charge in [0.25, 0.3) is 0 Å². The number of carbonyl (C=O) groups is 2. The SMILES string of the molecule is CCOC(=O)[C@](C)(CCCN)NC(=O)OC(C)(C)C. The first-order chi connectivity index (χ1) is 8.64. The Labute approximate surface area is 115 Å². The Morgan fingerprint density at radius 1 is 1.21 bits per heavy atom. The predicted molar refractivity (Wildman–Crippen MR) is 72.7 cm³/mol. The molecule has 1 amide bonds. The van der Waals surface area contributed by atoms with E-state index in [1.54, 1.807) is 34.6 Å². The second-order valence-electron chi connectivity index (χ2n) is 5.57. The van der Waals surface area contributed by atoms with Crippen LogP contribution in [0.1, 0.15) is 47.5 Å². The Kier molecular flexibility index (Phi) is 6.83. The van der Waals surface area contributed by atoms with Crippen LogP contribution in [0.5, 0.6) is 0 Å². The van der Waals surface area contributed by atoms with E-state index in [4.69, 9.17) is 15.2 Å². The number of rotatable bonds is 6. The lowest BCUT2D eigenvalue weighted by Crippen LogP contribution is -2.54. The molecule has 112 valence electrons. The zero-order chi connectivity index (χ0) is 15.1. The molecular formula is C13H26N2O4. The lowest BCUT2D eigenvalue weighted by Gasteiger charge is -2.30. The Morgan fingerprint density at radius 3 is 2.21 bits per heavy atom. The van der Waals surface area contributed by atoms with Crippen molar-refractivity contribution in [1.29, 1.82) is 0 Å². The Bertz CT molecular complexity index is 312. The van der Waals surface area contributed by atoms with E-state index in [1.165, 1.54) is 0 Å². The number of nitrogens with two attached hydrogens (primary N) is 1. The Balaban J connectivity index is 4.75. The first-order valence-corrected chi connectivity index (χ1v) is 6.53. The maximum absolute atomic E-state index is 11.9. The van der Waals surface area contributed by atoms with Gasteiger partial charge in [-0.05, 0) is 54.0 Å². The highest BCUT2D eigenvalue weighted by Crippen LogP contribution is 2.16. The molecule has 0 spiro atoms. The minimum Gasteiger partial charge on any atom is -0.464 e. The van der Waals surface area contributed by atoms with Crippen molar-refractivity contribution in [1.82, 2.24) is 5.32 Å². The minimum atomic E-state index is -1.11. The zero-order valence-electron chi connectivity index (χ0n) is 12.5. The molecule has 0 unspecified atom stereocenters. The minimum absolute atomic E-state index is 0.257. The molecule has 3 N–H and O–H groups in total. The van der Waals surface area contributed by atoms with Gasteiger partial charge >= 0.3 is 12.1 Å². The van der Waals surface area contributed by atoms with Gasteiger partial charge in [0.2, 0.25) is 0 Å². The molecule has 0 radical (unpaired) electrons. The molecular weight excluding hydrogens is 248 g/mol. The summed E-state index contributed by atoms with van der Waals surface area (Å²) in [6.07, 6.45) is 0.368. The number of ether oxygens (including phenoxy) is 2. The molecule has 0 heterocycles. The van der Waals surface area contributed by atoms with Crippen LogP contribution in [0.4, 0.5) is 4.79 Å². The van der Waals surface area contributed by atoms with E-state index >= 15 is 0 Å². The largest absolute Gasteiger partial charge is 0.464 e. The number of carbonyl (C=O) groups excluding carboxylic acids is 2. The monoisotopic (exact) mass is 274 g/mol. The summed E-state index contributed by atoms with van der Waals surface area (Å²) in [5.41, 5.74) is 3.72. The number of nitrogens with one attached hydrogen (secondary N) is 1. The second-order valence-corrected chi connectivity index (χ2v) is 5.57. The quantitative estimate of drug-likeness (QED) is 0.717. The van der Waals surface area contributed by atoms with Gasteiger partial charge in [-0.3, -0.25) is 0 Å². The van der Waals surface area contributed by atoms with Crippen molar-refractivity contribution in [3.63, 3.8) is 0 Å². The van der Waals surface area contributed by atoms with Crippen LogP contribution in [0.25, 0.3) is 0 Å². The second kappa shape index (κ2) is 7.33. The summed E-state index contributed by atoms with van der Waals surface area (Å²) in [5.74, 6) is -0.477. The molecule has 0 aromatic rings. The molecule has 0 aromatic carbocycles. The van der Waals surface area contributed by atoms with Gasteiger partial charge in [-0.2, -0.15) is 0 Å². The van der Waals surface area contributed by atoms with Crippen LogP contribution >= 0.6 is 0 Å². The number of hydrogen-bond donors (Lipinski definition) is 2. The summed E-state index contributed by atoms with van der Waals surface area (Å²) in [6.45, 7) is 9.30. The van der Waals surface area contributed by atoms with Gasteiger partial charge in [-0.15, -0.1) is 0 Å². The summed E-state index contributed by atoms with van der Waals surface area (Å²) in [7, 11) is 0. The van der Waals surface area contributed by atoms with Crippen LogP contribution < -0.4 is 11.1 Å². The summed E-state index contributed by atoms with van der Waals surface area (Å²) in [4.78, 5) is 23.7. The molecule has 0 aromatic heterocycles. The third-order valence-corrected chi connectivity index (χ3v) is 2.38. The molecule has 0 aliphatic rings. The molecule has 1 atom stereocenters. The first kappa shape index (κ1) is 17.7. The third kappa shape index (κ3) is 7.00. The van der Waals surface area contributed by atoms with Crippen molar-refractivity contribution in [2.75, 3.05) is 13.2 Å². The molecule has 0 rings (SSSR count). The van der Waals surface area contributed by atoms with Crippen molar-refractivity contribution >= 4 is 12.1 Å². The molecule has 0 aliphatic carbocycles. The lowest BCUT2D eigenvalue weighted by molar-refractivity contribution is -0.150. The smallest absolute Gasteiger partial charge is 0.408 e. The van der Waals surface area contributed by atoms with E-state index in [9.17, 15) is 9.59 Å². The fourth-order valence-corrected chi connectivity index (χ4v) is 1.49. The van der Waals surface area contributed by atoms with E-state index in [-0.39, 0.29) is 6.61 Å². The first-order valence-electron chi connectivity index (χ1n) is 6.53. The number of alkyl carbamates (subject to hydrolysis) is 1. The van der Waals surface area contributed by atoms with Gasteiger partial charge in [0.15, 0.2) is 0 Å². The van der Waals surface area contributed by atoms with Gasteiger partial charge in [0.05, 0.1) is 6.61 Å². The molecule has 0 aliphatic heterocycles. The maximum atomic E-state index is 11.9. The van der Waals surface area contributed by atoms with Crippen molar-refractivity contribution in [3.05, 3.63) is 0 Å². The Hall–Kier alpha value is -1.30. The Morgan fingerprint density at radius 2 is 1.79 bits per heavy atom. The molecule has 0 saturated carbocycles. The van der Waals surface area contributed by atoms with E-state index < -0.39 is 23.2 Å². The standard InChI is InChI=1S/C13H26N2O4/c1-6-18-10(16)13(5,8-7-9-14)15-11(17)19-12(2,3)4/h6-9,14H2,1-5H3,(H,15,17)/t13-/m0/s1. The van der Waals surface area contributed by atoms with Crippen molar-refractivity contribution in [3.8, 4) is 0 Å². The molecule has 19 heavy (non-hydrogen) atoms. The third-order valence-electron chi connectivity index (χ3n) is 2.38. The van der Waals surface area contributed by atoms with Gasteiger partial charge in [-0.25, -0.2) is 9.59 Å². The van der Waals surface area contributed by atoms with Crippen LogP contribution in [0.15, 0.2) is 0 Å². The highest BCUT2D eigenvalue weighted by molar-refractivity contribution is 5.85. The van der Waals surface area contributed by atoms with Gasteiger partial charge in [0.1, 0.15) is 11.1 Å². The van der Waals surface area contributed by atoms with Crippen LogP contribution in [-0.2, 0) is 14.3 Å².